The Kier molecular flexibility index (Phi) is 6.00. The molecule has 3 N–H and O–H groups in total. The lowest BCUT2D eigenvalue weighted by atomic mass is 9.37. The maximum atomic E-state index is 13.4. The van der Waals surface area contributed by atoms with Gasteiger partial charge in [-0.2, -0.15) is 0 Å². The number of ketones is 1. The number of carbonyl (C=O) groups is 4. The molecular formula is C27H34O11. The molecule has 0 aromatic heterocycles. The summed E-state index contributed by atoms with van der Waals surface area (Å²) in [6.45, 7) is 8.95. The topological polar surface area (TPSA) is 166 Å². The molecule has 2 bridgehead atoms. The van der Waals surface area contributed by atoms with Gasteiger partial charge >= 0.3 is 17.9 Å². The van der Waals surface area contributed by atoms with Crippen LogP contribution in [0, 0.1) is 34.5 Å². The second-order valence-electron chi connectivity index (χ2n) is 11.7. The summed E-state index contributed by atoms with van der Waals surface area (Å²) < 4.78 is 23.3. The van der Waals surface area contributed by atoms with E-state index in [4.69, 9.17) is 18.9 Å². The summed E-state index contributed by atoms with van der Waals surface area (Å²) in [5.41, 5.74) is -2.17. The van der Waals surface area contributed by atoms with Crippen LogP contribution in [0.15, 0.2) is 23.3 Å². The summed E-state index contributed by atoms with van der Waals surface area (Å²) in [4.78, 5) is 51.6. The third-order valence-corrected chi connectivity index (χ3v) is 9.87. The van der Waals surface area contributed by atoms with E-state index in [-0.39, 0.29) is 6.61 Å². The summed E-state index contributed by atoms with van der Waals surface area (Å²) in [6, 6.07) is 0. The molecule has 0 radical (unpaired) electrons. The molecule has 2 aliphatic heterocycles. The van der Waals surface area contributed by atoms with Gasteiger partial charge in [0.05, 0.1) is 12.0 Å². The van der Waals surface area contributed by atoms with Crippen LogP contribution in [0.3, 0.4) is 0 Å². The highest BCUT2D eigenvalue weighted by atomic mass is 16.7. The summed E-state index contributed by atoms with van der Waals surface area (Å²) >= 11 is 0. The van der Waals surface area contributed by atoms with Gasteiger partial charge in [-0.3, -0.25) is 9.59 Å². The van der Waals surface area contributed by atoms with E-state index in [9.17, 15) is 34.5 Å². The molecule has 5 rings (SSSR count). The van der Waals surface area contributed by atoms with Gasteiger partial charge in [0.25, 0.3) is 0 Å². The van der Waals surface area contributed by atoms with Gasteiger partial charge in [0.15, 0.2) is 11.6 Å². The van der Waals surface area contributed by atoms with Crippen molar-refractivity contribution in [2.75, 3.05) is 6.61 Å². The number of carbonyl (C=O) groups excluding carboxylic acids is 4. The number of aliphatic hydroxyl groups excluding tert-OH is 2. The molecule has 3 aliphatic carbocycles. The normalized spacial score (nSPS) is 49.3. The van der Waals surface area contributed by atoms with E-state index in [1.54, 1.807) is 40.7 Å². The number of hydrogen-bond donors (Lipinski definition) is 3. The molecule has 2 saturated heterocycles. The molecule has 0 aromatic carbocycles. The van der Waals surface area contributed by atoms with Crippen LogP contribution in [-0.4, -0.2) is 81.9 Å². The Morgan fingerprint density at radius 2 is 1.84 bits per heavy atom. The van der Waals surface area contributed by atoms with E-state index in [2.05, 4.69) is 0 Å². The first-order valence-electron chi connectivity index (χ1n) is 12.8. The molecule has 12 atom stereocenters. The minimum absolute atomic E-state index is 0.265. The Hall–Kier alpha value is -2.60. The smallest absolute Gasteiger partial charge is 0.348 e. The first kappa shape index (κ1) is 27.0. The second kappa shape index (κ2) is 8.45. The Bertz CT molecular complexity index is 1170. The van der Waals surface area contributed by atoms with E-state index in [1.807, 2.05) is 0 Å². The third-order valence-electron chi connectivity index (χ3n) is 9.87. The van der Waals surface area contributed by atoms with E-state index in [0.29, 0.717) is 11.1 Å². The lowest BCUT2D eigenvalue weighted by Crippen LogP contribution is -2.81. The highest BCUT2D eigenvalue weighted by Crippen LogP contribution is 2.74. The van der Waals surface area contributed by atoms with Crippen LogP contribution in [0.2, 0.25) is 0 Å². The number of allylic oxidation sites excluding steroid dienone is 1. The van der Waals surface area contributed by atoms with Crippen molar-refractivity contribution < 1.29 is 53.4 Å². The van der Waals surface area contributed by atoms with E-state index < -0.39 is 94.5 Å². The number of rotatable bonds is 3. The fourth-order valence-electron chi connectivity index (χ4n) is 8.49. The lowest BCUT2D eigenvalue weighted by Gasteiger charge is -2.69. The van der Waals surface area contributed by atoms with Gasteiger partial charge in [-0.25, -0.2) is 9.59 Å². The highest BCUT2D eigenvalue weighted by molar-refractivity contribution is 5.96. The third kappa shape index (κ3) is 3.10. The molecule has 2 saturated carbocycles. The Morgan fingerprint density at radius 3 is 2.45 bits per heavy atom. The molecule has 2 heterocycles. The average molecular weight is 535 g/mol. The highest BCUT2D eigenvalue weighted by Gasteiger charge is 2.85. The summed E-state index contributed by atoms with van der Waals surface area (Å²) in [5.74, 6) is -9.01. The van der Waals surface area contributed by atoms with Crippen molar-refractivity contribution in [3.05, 3.63) is 23.3 Å². The second-order valence-corrected chi connectivity index (χ2v) is 11.7. The molecule has 0 amide bonds. The minimum Gasteiger partial charge on any atom is -0.455 e. The van der Waals surface area contributed by atoms with Crippen molar-refractivity contribution in [3.8, 4) is 0 Å². The minimum atomic E-state index is -2.24. The predicted octanol–water partition coefficient (Wildman–Crippen LogP) is 0.196. The van der Waals surface area contributed by atoms with Crippen molar-refractivity contribution in [1.29, 1.82) is 0 Å². The molecular weight excluding hydrogens is 500 g/mol. The lowest BCUT2D eigenvalue weighted by molar-refractivity contribution is -0.352. The van der Waals surface area contributed by atoms with Gasteiger partial charge in [-0.05, 0) is 32.8 Å². The van der Waals surface area contributed by atoms with Gasteiger partial charge in [0.2, 0.25) is 6.10 Å². The fraction of sp³-hybridized carbons (Fsp3) is 0.704. The Morgan fingerprint density at radius 1 is 1.18 bits per heavy atom. The molecule has 1 spiro atoms. The zero-order chi connectivity index (χ0) is 28.1. The summed E-state index contributed by atoms with van der Waals surface area (Å²) in [7, 11) is 0. The largest absolute Gasteiger partial charge is 0.455 e. The molecule has 38 heavy (non-hydrogen) atoms. The van der Waals surface area contributed by atoms with Crippen molar-refractivity contribution >= 4 is 23.7 Å². The van der Waals surface area contributed by atoms with Crippen LogP contribution in [0.1, 0.15) is 41.5 Å². The van der Waals surface area contributed by atoms with Gasteiger partial charge in [0, 0.05) is 35.7 Å². The van der Waals surface area contributed by atoms with Crippen LogP contribution < -0.4 is 0 Å². The maximum Gasteiger partial charge on any atom is 0.348 e. The van der Waals surface area contributed by atoms with Gasteiger partial charge in [-0.15, -0.1) is 0 Å². The molecule has 12 unspecified atom stereocenters. The van der Waals surface area contributed by atoms with E-state index in [0.717, 1.165) is 6.92 Å². The predicted molar refractivity (Wildman–Crippen MR) is 127 cm³/mol. The van der Waals surface area contributed by atoms with Crippen LogP contribution >= 0.6 is 0 Å². The van der Waals surface area contributed by atoms with Crippen LogP contribution in [0.25, 0.3) is 0 Å². The number of aliphatic hydroxyl groups is 3. The number of esters is 3. The molecule has 0 aromatic rings. The van der Waals surface area contributed by atoms with Crippen molar-refractivity contribution in [2.24, 2.45) is 34.5 Å². The van der Waals surface area contributed by atoms with Gasteiger partial charge in [0.1, 0.15) is 24.4 Å². The Balaban J connectivity index is 1.81. The van der Waals surface area contributed by atoms with Crippen molar-refractivity contribution in [2.45, 2.75) is 77.8 Å². The zero-order valence-corrected chi connectivity index (χ0v) is 22.2. The Labute approximate surface area is 219 Å². The average Bonchev–Trinajstić information content (AvgIpc) is 3.13. The molecule has 5 aliphatic rings. The summed E-state index contributed by atoms with van der Waals surface area (Å²) in [6.07, 6.45) is -4.24. The van der Waals surface area contributed by atoms with Gasteiger partial charge in [-0.1, -0.05) is 25.5 Å². The molecule has 208 valence electrons. The van der Waals surface area contributed by atoms with Crippen molar-refractivity contribution in [1.82, 2.24) is 0 Å². The first-order valence-corrected chi connectivity index (χ1v) is 12.8. The summed E-state index contributed by atoms with van der Waals surface area (Å²) in [5, 5.41) is 34.8. The zero-order valence-electron chi connectivity index (χ0n) is 22.2. The van der Waals surface area contributed by atoms with Gasteiger partial charge < -0.3 is 34.3 Å². The molecule has 4 fully saturated rings. The number of hydrogen-bond acceptors (Lipinski definition) is 11. The molecule has 11 nitrogen and oxygen atoms in total. The van der Waals surface area contributed by atoms with Crippen LogP contribution in [0.5, 0.6) is 0 Å². The van der Waals surface area contributed by atoms with Crippen LogP contribution in [0.4, 0.5) is 0 Å². The maximum absolute atomic E-state index is 13.4. The standard InChI is InChI=1S/C27H34O11/c1-7-10(2)22(32)37-17-15-11(3)8-14(29)20(31)25(15,6)24-26-9-35-27(24,34)19(30)12(4)16(26)18(36-13(5)28)23(33)38-21(17)26/h7-8,12,15-21,24,30-31,34H,9H2,1-6H3/b10-7+. The van der Waals surface area contributed by atoms with E-state index >= 15 is 0 Å². The number of fused-ring (bicyclic) bond motifs is 1. The van der Waals surface area contributed by atoms with Crippen LogP contribution in [-0.2, 0) is 38.1 Å². The monoisotopic (exact) mass is 534 g/mol. The quantitative estimate of drug-likeness (QED) is 0.257. The SMILES string of the molecule is C/C=C(\C)C(=O)OC1C2C(C)=CC(=O)C(O)C2(C)C2C3(O)OCC24C1OC(=O)C(OC(C)=O)C4C(C)C3O. The fourth-order valence-corrected chi connectivity index (χ4v) is 8.49. The number of ether oxygens (including phenoxy) is 4. The molecule has 11 heteroatoms. The van der Waals surface area contributed by atoms with Crippen molar-refractivity contribution in [3.63, 3.8) is 0 Å². The first-order chi connectivity index (χ1) is 17.7. The van der Waals surface area contributed by atoms with E-state index in [1.165, 1.54) is 6.08 Å².